The molecule has 2 amide bonds. The zero-order chi connectivity index (χ0) is 19.8. The second-order valence-corrected chi connectivity index (χ2v) is 6.98. The number of ether oxygens (including phenoxy) is 1. The van der Waals surface area contributed by atoms with Gasteiger partial charge >= 0.3 is 5.97 Å². The molecule has 1 heterocycles. The summed E-state index contributed by atoms with van der Waals surface area (Å²) in [7, 11) is 1.86. The van der Waals surface area contributed by atoms with Crippen molar-refractivity contribution >= 4 is 29.4 Å². The Morgan fingerprint density at radius 3 is 2.56 bits per heavy atom. The van der Waals surface area contributed by atoms with E-state index in [1.807, 2.05) is 11.9 Å². The Bertz CT molecular complexity index is 659. The number of hydrogen-bond donors (Lipinski definition) is 1. The number of amides is 2. The Kier molecular flexibility index (Phi) is 8.06. The molecule has 27 heavy (non-hydrogen) atoms. The van der Waals surface area contributed by atoms with Gasteiger partial charge in [-0.3, -0.25) is 19.3 Å². The smallest absolute Gasteiger partial charge is 0.320 e. The van der Waals surface area contributed by atoms with Gasteiger partial charge in [-0.1, -0.05) is 11.6 Å². The fraction of sp³-hybridized carbons (Fsp3) is 0.526. The van der Waals surface area contributed by atoms with Crippen LogP contribution in [0, 0.1) is 0 Å². The van der Waals surface area contributed by atoms with Gasteiger partial charge in [-0.15, -0.1) is 0 Å². The third kappa shape index (κ3) is 6.52. The number of nitrogens with zero attached hydrogens (tertiary/aromatic N) is 2. The molecule has 1 aliphatic heterocycles. The summed E-state index contributed by atoms with van der Waals surface area (Å²) in [5.74, 6) is -0.360. The Hall–Kier alpha value is -2.12. The number of carbonyl (C=O) groups excluding carboxylic acids is 3. The minimum Gasteiger partial charge on any atom is -0.465 e. The minimum atomic E-state index is -0.249. The normalized spacial score (nSPS) is 14.0. The highest BCUT2D eigenvalue weighted by molar-refractivity contribution is 6.30. The molecule has 7 nitrogen and oxygen atoms in total. The van der Waals surface area contributed by atoms with Gasteiger partial charge in [-0.05, 0) is 44.7 Å². The quantitative estimate of drug-likeness (QED) is 0.507. The first-order valence-electron chi connectivity index (χ1n) is 9.08. The molecule has 1 aromatic carbocycles. The number of benzene rings is 1. The van der Waals surface area contributed by atoms with Gasteiger partial charge in [0, 0.05) is 42.7 Å². The van der Waals surface area contributed by atoms with E-state index in [1.165, 1.54) is 0 Å². The second-order valence-electron chi connectivity index (χ2n) is 6.54. The number of rotatable bonds is 9. The summed E-state index contributed by atoms with van der Waals surface area (Å²) in [6.45, 7) is 4.05. The average molecular weight is 396 g/mol. The number of esters is 1. The predicted octanol–water partition coefficient (Wildman–Crippen LogP) is 1.56. The van der Waals surface area contributed by atoms with Gasteiger partial charge in [0.15, 0.2) is 0 Å². The second kappa shape index (κ2) is 10.3. The number of hydrogen-bond acceptors (Lipinski definition) is 5. The monoisotopic (exact) mass is 395 g/mol. The van der Waals surface area contributed by atoms with Gasteiger partial charge in [0.1, 0.15) is 0 Å². The Balaban J connectivity index is 1.60. The van der Waals surface area contributed by atoms with Crippen LogP contribution in [0.3, 0.4) is 0 Å². The largest absolute Gasteiger partial charge is 0.465 e. The number of nitrogens with one attached hydrogen (secondary N) is 1. The van der Waals surface area contributed by atoms with Gasteiger partial charge in [0.05, 0.1) is 13.2 Å². The zero-order valence-electron chi connectivity index (χ0n) is 15.7. The summed E-state index contributed by atoms with van der Waals surface area (Å²) in [6.07, 6.45) is 0.965. The maximum absolute atomic E-state index is 12.2. The summed E-state index contributed by atoms with van der Waals surface area (Å²) in [5, 5.41) is 3.38. The van der Waals surface area contributed by atoms with E-state index in [9.17, 15) is 14.4 Å². The molecular weight excluding hydrogens is 370 g/mol. The molecule has 0 atom stereocenters. The van der Waals surface area contributed by atoms with Crippen LogP contribution in [-0.4, -0.2) is 73.5 Å². The van der Waals surface area contributed by atoms with Crippen molar-refractivity contribution in [1.82, 2.24) is 15.1 Å². The topological polar surface area (TPSA) is 79.0 Å². The molecule has 8 heteroatoms. The van der Waals surface area contributed by atoms with E-state index >= 15 is 0 Å². The average Bonchev–Trinajstić information content (AvgIpc) is 2.58. The Morgan fingerprint density at radius 1 is 1.26 bits per heavy atom. The van der Waals surface area contributed by atoms with E-state index < -0.39 is 0 Å². The molecule has 0 radical (unpaired) electrons. The van der Waals surface area contributed by atoms with Crippen LogP contribution in [0.1, 0.15) is 30.1 Å². The maximum Gasteiger partial charge on any atom is 0.320 e. The first-order chi connectivity index (χ1) is 12.9. The first-order valence-corrected chi connectivity index (χ1v) is 9.46. The molecule has 0 aliphatic carbocycles. The van der Waals surface area contributed by atoms with Crippen molar-refractivity contribution in [3.63, 3.8) is 0 Å². The van der Waals surface area contributed by atoms with Crippen molar-refractivity contribution in [1.29, 1.82) is 0 Å². The molecule has 1 N–H and O–H groups in total. The van der Waals surface area contributed by atoms with E-state index in [1.54, 1.807) is 36.1 Å². The van der Waals surface area contributed by atoms with E-state index in [2.05, 4.69) is 5.32 Å². The lowest BCUT2D eigenvalue weighted by Crippen LogP contribution is -2.60. The SMILES string of the molecule is CCOC(=O)CN(C)C1CN(C(=O)CCCNC(=O)c2ccc(Cl)cc2)C1. The lowest BCUT2D eigenvalue weighted by atomic mass is 10.1. The van der Waals surface area contributed by atoms with Crippen molar-refractivity contribution in [2.45, 2.75) is 25.8 Å². The third-order valence-corrected chi connectivity index (χ3v) is 4.73. The summed E-state index contributed by atoms with van der Waals surface area (Å²) >= 11 is 5.80. The van der Waals surface area contributed by atoms with E-state index in [4.69, 9.17) is 16.3 Å². The molecule has 0 saturated carbocycles. The molecule has 0 unspecified atom stereocenters. The predicted molar refractivity (Wildman–Crippen MR) is 103 cm³/mol. The van der Waals surface area contributed by atoms with Crippen molar-refractivity contribution < 1.29 is 19.1 Å². The summed E-state index contributed by atoms with van der Waals surface area (Å²) in [6, 6.07) is 6.84. The van der Waals surface area contributed by atoms with E-state index in [0.717, 1.165) is 0 Å². The molecule has 1 saturated heterocycles. The van der Waals surface area contributed by atoms with Crippen LogP contribution in [0.4, 0.5) is 0 Å². The third-order valence-electron chi connectivity index (χ3n) is 4.48. The van der Waals surface area contributed by atoms with Crippen molar-refractivity contribution in [3.05, 3.63) is 34.9 Å². The molecule has 0 aromatic heterocycles. The summed E-state index contributed by atoms with van der Waals surface area (Å²) in [5.41, 5.74) is 0.543. The summed E-state index contributed by atoms with van der Waals surface area (Å²) < 4.78 is 4.93. The van der Waals surface area contributed by atoms with Crippen LogP contribution in [-0.2, 0) is 14.3 Å². The van der Waals surface area contributed by atoms with Gasteiger partial charge in [-0.2, -0.15) is 0 Å². The molecule has 1 aromatic rings. The zero-order valence-corrected chi connectivity index (χ0v) is 16.5. The molecule has 1 aliphatic rings. The fourth-order valence-corrected chi connectivity index (χ4v) is 2.91. The number of likely N-dealkylation sites (N-methyl/N-ethyl adjacent to an activating group) is 1. The van der Waals surface area contributed by atoms with Crippen LogP contribution in [0.5, 0.6) is 0 Å². The van der Waals surface area contributed by atoms with E-state index in [-0.39, 0.29) is 30.4 Å². The number of carbonyl (C=O) groups is 3. The standard InChI is InChI=1S/C19H26ClN3O4/c1-3-27-18(25)13-22(2)16-11-23(12-16)17(24)5-4-10-21-19(26)14-6-8-15(20)9-7-14/h6-9,16H,3-5,10-13H2,1-2H3,(H,21,26). The van der Waals surface area contributed by atoms with Crippen molar-refractivity contribution in [2.75, 3.05) is 39.8 Å². The van der Waals surface area contributed by atoms with Crippen LogP contribution < -0.4 is 5.32 Å². The highest BCUT2D eigenvalue weighted by Crippen LogP contribution is 2.15. The molecule has 2 rings (SSSR count). The molecule has 0 bridgehead atoms. The first kappa shape index (κ1) is 21.2. The highest BCUT2D eigenvalue weighted by atomic mass is 35.5. The number of halogens is 1. The van der Waals surface area contributed by atoms with Gasteiger partial charge in [0.25, 0.3) is 5.91 Å². The van der Waals surface area contributed by atoms with Crippen LogP contribution in [0.25, 0.3) is 0 Å². The maximum atomic E-state index is 12.2. The molecule has 0 spiro atoms. The Labute approximate surface area is 164 Å². The lowest BCUT2D eigenvalue weighted by Gasteiger charge is -2.43. The van der Waals surface area contributed by atoms with Crippen molar-refractivity contribution in [2.24, 2.45) is 0 Å². The van der Waals surface area contributed by atoms with Crippen LogP contribution in [0.15, 0.2) is 24.3 Å². The van der Waals surface area contributed by atoms with Crippen LogP contribution in [0.2, 0.25) is 5.02 Å². The number of likely N-dealkylation sites (tertiary alicyclic amines) is 1. The van der Waals surface area contributed by atoms with Gasteiger partial charge in [-0.25, -0.2) is 0 Å². The highest BCUT2D eigenvalue weighted by Gasteiger charge is 2.33. The lowest BCUT2D eigenvalue weighted by molar-refractivity contribution is -0.146. The molecular formula is C19H26ClN3O4. The molecule has 1 fully saturated rings. The van der Waals surface area contributed by atoms with Gasteiger partial charge < -0.3 is 15.0 Å². The van der Waals surface area contributed by atoms with Gasteiger partial charge in [0.2, 0.25) is 5.91 Å². The van der Waals surface area contributed by atoms with Crippen molar-refractivity contribution in [3.8, 4) is 0 Å². The molecule has 148 valence electrons. The van der Waals surface area contributed by atoms with E-state index in [0.29, 0.717) is 49.7 Å². The fourth-order valence-electron chi connectivity index (χ4n) is 2.78. The Morgan fingerprint density at radius 2 is 1.93 bits per heavy atom. The summed E-state index contributed by atoms with van der Waals surface area (Å²) in [4.78, 5) is 39.3. The minimum absolute atomic E-state index is 0.0662. The van der Waals surface area contributed by atoms with Crippen LogP contribution >= 0.6 is 11.6 Å².